The summed E-state index contributed by atoms with van der Waals surface area (Å²) in [5, 5.41) is 0. The minimum absolute atomic E-state index is 0.0776. The summed E-state index contributed by atoms with van der Waals surface area (Å²) in [7, 11) is 1.21. The Morgan fingerprint density at radius 3 is 2.33 bits per heavy atom. The van der Waals surface area contributed by atoms with Crippen LogP contribution in [-0.4, -0.2) is 60.8 Å². The Kier molecular flexibility index (Phi) is 5.26. The first-order valence-electron chi connectivity index (χ1n) is 7.68. The first-order chi connectivity index (χ1) is 11.2. The van der Waals surface area contributed by atoms with Gasteiger partial charge in [0, 0.05) is 32.2 Å². The van der Waals surface area contributed by atoms with Crippen LogP contribution in [0.2, 0.25) is 0 Å². The summed E-state index contributed by atoms with van der Waals surface area (Å²) in [4.78, 5) is 30.7. The molecule has 1 amide bonds. The van der Waals surface area contributed by atoms with Gasteiger partial charge in [-0.05, 0) is 20.8 Å². The first kappa shape index (κ1) is 18.0. The van der Waals surface area contributed by atoms with Crippen LogP contribution in [0.4, 0.5) is 14.9 Å². The Morgan fingerprint density at radius 1 is 1.21 bits per heavy atom. The van der Waals surface area contributed by atoms with E-state index >= 15 is 0 Å². The number of ether oxygens (including phenoxy) is 2. The second-order valence-corrected chi connectivity index (χ2v) is 6.47. The first-order valence-corrected chi connectivity index (χ1v) is 7.68. The molecule has 1 fully saturated rings. The molecule has 24 heavy (non-hydrogen) atoms. The molecule has 8 heteroatoms. The number of aromatic nitrogens is 1. The van der Waals surface area contributed by atoms with E-state index in [0.717, 1.165) is 6.07 Å². The van der Waals surface area contributed by atoms with E-state index in [4.69, 9.17) is 4.74 Å². The van der Waals surface area contributed by atoms with Gasteiger partial charge >= 0.3 is 12.1 Å². The number of nitrogens with zero attached hydrogens (tertiary/aromatic N) is 3. The van der Waals surface area contributed by atoms with E-state index in [1.54, 1.807) is 9.80 Å². The van der Waals surface area contributed by atoms with E-state index in [-0.39, 0.29) is 11.8 Å². The van der Waals surface area contributed by atoms with Crippen LogP contribution in [0.3, 0.4) is 0 Å². The molecule has 1 aliphatic heterocycles. The summed E-state index contributed by atoms with van der Waals surface area (Å²) < 4.78 is 24.1. The molecule has 0 saturated carbocycles. The van der Waals surface area contributed by atoms with Gasteiger partial charge < -0.3 is 19.3 Å². The quantitative estimate of drug-likeness (QED) is 0.768. The molecule has 7 nitrogen and oxygen atoms in total. The second-order valence-electron chi connectivity index (χ2n) is 6.47. The van der Waals surface area contributed by atoms with E-state index in [0.29, 0.717) is 31.9 Å². The Bertz CT molecular complexity index is 622. The normalized spacial score (nSPS) is 15.2. The minimum Gasteiger partial charge on any atom is -0.464 e. The highest BCUT2D eigenvalue weighted by atomic mass is 19.1. The summed E-state index contributed by atoms with van der Waals surface area (Å²) in [6, 6.07) is 1.06. The van der Waals surface area contributed by atoms with Crippen LogP contribution >= 0.6 is 0 Å². The molecule has 1 aromatic rings. The summed E-state index contributed by atoms with van der Waals surface area (Å²) >= 11 is 0. The number of anilines is 1. The average Bonchev–Trinajstić information content (AvgIpc) is 2.52. The fraction of sp³-hybridized carbons (Fsp3) is 0.562. The zero-order chi connectivity index (χ0) is 17.9. The van der Waals surface area contributed by atoms with E-state index in [2.05, 4.69) is 9.72 Å². The van der Waals surface area contributed by atoms with Crippen LogP contribution in [0.5, 0.6) is 0 Å². The molecule has 1 aromatic heterocycles. The number of carbonyl (C=O) groups excluding carboxylic acids is 2. The van der Waals surface area contributed by atoms with E-state index < -0.39 is 17.4 Å². The van der Waals surface area contributed by atoms with E-state index in [9.17, 15) is 14.0 Å². The Hall–Kier alpha value is -2.38. The molecule has 0 unspecified atom stereocenters. The third-order valence-electron chi connectivity index (χ3n) is 3.50. The van der Waals surface area contributed by atoms with Crippen LogP contribution in [0, 0.1) is 5.82 Å². The predicted octanol–water partition coefficient (Wildman–Crippen LogP) is 2.06. The average molecular weight is 339 g/mol. The molecular formula is C16H22FN3O4. The smallest absolute Gasteiger partial charge is 0.410 e. The van der Waals surface area contributed by atoms with Crippen molar-refractivity contribution in [1.29, 1.82) is 0 Å². The lowest BCUT2D eigenvalue weighted by molar-refractivity contribution is 0.0240. The number of methoxy groups -OCH3 is 1. The Morgan fingerprint density at radius 2 is 1.83 bits per heavy atom. The number of amides is 1. The lowest BCUT2D eigenvalue weighted by Crippen LogP contribution is -2.50. The summed E-state index contributed by atoms with van der Waals surface area (Å²) in [6.07, 6.45) is 0.937. The second kappa shape index (κ2) is 7.02. The van der Waals surface area contributed by atoms with Gasteiger partial charge in [0.15, 0.2) is 11.5 Å². The molecule has 0 atom stereocenters. The van der Waals surface area contributed by atoms with Gasteiger partial charge in [-0.3, -0.25) is 0 Å². The van der Waals surface area contributed by atoms with Crippen LogP contribution in [0.25, 0.3) is 0 Å². The van der Waals surface area contributed by atoms with E-state index in [1.807, 2.05) is 20.8 Å². The molecule has 1 saturated heterocycles. The van der Waals surface area contributed by atoms with Crippen LogP contribution in [-0.2, 0) is 9.47 Å². The van der Waals surface area contributed by atoms with Gasteiger partial charge in [0.05, 0.1) is 19.0 Å². The van der Waals surface area contributed by atoms with Gasteiger partial charge in [-0.15, -0.1) is 0 Å². The molecular weight excluding hydrogens is 317 g/mol. The molecule has 0 aliphatic carbocycles. The summed E-state index contributed by atoms with van der Waals surface area (Å²) in [5.41, 5.74) is -0.328. The molecule has 0 bridgehead atoms. The van der Waals surface area contributed by atoms with Crippen LogP contribution in [0.1, 0.15) is 31.3 Å². The number of hydrogen-bond donors (Lipinski definition) is 0. The third kappa shape index (κ3) is 4.33. The van der Waals surface area contributed by atoms with Crippen molar-refractivity contribution in [3.05, 3.63) is 23.8 Å². The molecule has 0 radical (unpaired) electrons. The molecule has 2 rings (SSSR count). The monoisotopic (exact) mass is 339 g/mol. The highest BCUT2D eigenvalue weighted by Crippen LogP contribution is 2.21. The summed E-state index contributed by atoms with van der Waals surface area (Å²) in [5.74, 6) is -1.23. The Balaban J connectivity index is 2.00. The standard InChI is InChI=1S/C16H22FN3O4/c1-16(2,3)24-15(22)20-7-5-19(6-8-20)13-10-18-12(9-11(13)17)14(21)23-4/h9-10H,5-8H2,1-4H3. The van der Waals surface area contributed by atoms with E-state index in [1.165, 1.54) is 13.3 Å². The van der Waals surface area contributed by atoms with Gasteiger partial charge in [-0.1, -0.05) is 0 Å². The van der Waals surface area contributed by atoms with Gasteiger partial charge in [-0.2, -0.15) is 0 Å². The zero-order valence-corrected chi connectivity index (χ0v) is 14.3. The van der Waals surface area contributed by atoms with Gasteiger partial charge in [0.2, 0.25) is 0 Å². The third-order valence-corrected chi connectivity index (χ3v) is 3.50. The number of pyridine rings is 1. The van der Waals surface area contributed by atoms with Crippen molar-refractivity contribution in [2.45, 2.75) is 26.4 Å². The highest BCUT2D eigenvalue weighted by Gasteiger charge is 2.27. The zero-order valence-electron chi connectivity index (χ0n) is 14.3. The van der Waals surface area contributed by atoms with Crippen molar-refractivity contribution >= 4 is 17.7 Å². The number of rotatable bonds is 2. The maximum atomic E-state index is 14.2. The maximum absolute atomic E-state index is 14.2. The number of esters is 1. The minimum atomic E-state index is -0.685. The number of hydrogen-bond acceptors (Lipinski definition) is 6. The van der Waals surface area contributed by atoms with Crippen molar-refractivity contribution in [1.82, 2.24) is 9.88 Å². The SMILES string of the molecule is COC(=O)c1cc(F)c(N2CCN(C(=O)OC(C)(C)C)CC2)cn1. The van der Waals surface area contributed by atoms with Crippen molar-refractivity contribution in [3.8, 4) is 0 Å². The van der Waals surface area contributed by atoms with Crippen LogP contribution in [0.15, 0.2) is 12.3 Å². The molecule has 132 valence electrons. The van der Waals surface area contributed by atoms with Crippen LogP contribution < -0.4 is 4.90 Å². The fourth-order valence-electron chi connectivity index (χ4n) is 2.33. The highest BCUT2D eigenvalue weighted by molar-refractivity contribution is 5.87. The molecule has 1 aliphatic rings. The lowest BCUT2D eigenvalue weighted by atomic mass is 10.2. The number of halogens is 1. The number of carbonyl (C=O) groups is 2. The van der Waals surface area contributed by atoms with Gasteiger partial charge in [-0.25, -0.2) is 19.0 Å². The maximum Gasteiger partial charge on any atom is 0.410 e. The molecule has 0 spiro atoms. The molecule has 0 N–H and O–H groups in total. The number of piperazine rings is 1. The molecule has 0 aromatic carbocycles. The van der Waals surface area contributed by atoms with Gasteiger partial charge in [0.25, 0.3) is 0 Å². The van der Waals surface area contributed by atoms with Crippen molar-refractivity contribution < 1.29 is 23.5 Å². The lowest BCUT2D eigenvalue weighted by Gasteiger charge is -2.36. The largest absolute Gasteiger partial charge is 0.464 e. The van der Waals surface area contributed by atoms with Crippen molar-refractivity contribution in [3.63, 3.8) is 0 Å². The van der Waals surface area contributed by atoms with Gasteiger partial charge in [0.1, 0.15) is 5.60 Å². The molecule has 2 heterocycles. The van der Waals surface area contributed by atoms with Crippen molar-refractivity contribution in [2.24, 2.45) is 0 Å². The summed E-state index contributed by atoms with van der Waals surface area (Å²) in [6.45, 7) is 7.19. The van der Waals surface area contributed by atoms with Crippen molar-refractivity contribution in [2.75, 3.05) is 38.2 Å². The Labute approximate surface area is 140 Å². The predicted molar refractivity (Wildman–Crippen MR) is 85.6 cm³/mol. The topological polar surface area (TPSA) is 72.0 Å². The fourth-order valence-corrected chi connectivity index (χ4v) is 2.33.